The van der Waals surface area contributed by atoms with Crippen LogP contribution in [0.25, 0.3) is 0 Å². The maximum atomic E-state index is 13.5. The van der Waals surface area contributed by atoms with Crippen molar-refractivity contribution in [1.29, 1.82) is 0 Å². The summed E-state index contributed by atoms with van der Waals surface area (Å²) in [5, 5.41) is 11.1. The Morgan fingerprint density at radius 1 is 1.14 bits per heavy atom. The number of aliphatic hydroxyl groups is 1. The molecule has 2 N–H and O–H groups in total. The van der Waals surface area contributed by atoms with E-state index in [-0.39, 0.29) is 18.8 Å². The summed E-state index contributed by atoms with van der Waals surface area (Å²) in [5.74, 6) is -2.47. The van der Waals surface area contributed by atoms with E-state index in [2.05, 4.69) is 5.32 Å². The van der Waals surface area contributed by atoms with E-state index >= 15 is 0 Å². The number of hydrogen-bond donors (Lipinski definition) is 2. The van der Waals surface area contributed by atoms with Gasteiger partial charge in [-0.1, -0.05) is 6.07 Å². The van der Waals surface area contributed by atoms with E-state index in [1.165, 1.54) is 12.1 Å². The predicted octanol–water partition coefficient (Wildman–Crippen LogP) is 2.59. The Hall–Kier alpha value is -2.47. The Labute approximate surface area is 120 Å². The molecular formula is C15H13F2NO3. The molecule has 0 aliphatic rings. The number of amides is 1. The van der Waals surface area contributed by atoms with Gasteiger partial charge in [-0.05, 0) is 36.4 Å². The summed E-state index contributed by atoms with van der Waals surface area (Å²) in [6.45, 7) is 0.0670. The van der Waals surface area contributed by atoms with Gasteiger partial charge in [-0.25, -0.2) is 8.78 Å². The van der Waals surface area contributed by atoms with Crippen molar-refractivity contribution >= 4 is 11.6 Å². The largest absolute Gasteiger partial charge is 0.491 e. The molecule has 2 aromatic rings. The average molecular weight is 293 g/mol. The summed E-state index contributed by atoms with van der Waals surface area (Å²) in [5.41, 5.74) is 0.0515. The van der Waals surface area contributed by atoms with Gasteiger partial charge in [-0.2, -0.15) is 0 Å². The van der Waals surface area contributed by atoms with E-state index in [9.17, 15) is 13.6 Å². The third-order valence-electron chi connectivity index (χ3n) is 2.67. The highest BCUT2D eigenvalue weighted by molar-refractivity contribution is 6.04. The molecule has 6 heteroatoms. The fraction of sp³-hybridized carbons (Fsp3) is 0.133. The van der Waals surface area contributed by atoms with Crippen LogP contribution in [-0.2, 0) is 0 Å². The van der Waals surface area contributed by atoms with Crippen molar-refractivity contribution in [2.75, 3.05) is 18.5 Å². The molecule has 0 saturated heterocycles. The van der Waals surface area contributed by atoms with Crippen LogP contribution in [0.15, 0.2) is 42.5 Å². The lowest BCUT2D eigenvalue weighted by molar-refractivity contribution is 0.102. The minimum absolute atomic E-state index is 0.0999. The van der Waals surface area contributed by atoms with E-state index in [4.69, 9.17) is 9.84 Å². The van der Waals surface area contributed by atoms with Crippen molar-refractivity contribution in [2.45, 2.75) is 0 Å². The summed E-state index contributed by atoms with van der Waals surface area (Å²) < 4.78 is 31.7. The second kappa shape index (κ2) is 6.81. The molecule has 0 fully saturated rings. The number of ether oxygens (including phenoxy) is 1. The second-order valence-corrected chi connectivity index (χ2v) is 4.15. The monoisotopic (exact) mass is 293 g/mol. The van der Waals surface area contributed by atoms with Gasteiger partial charge in [-0.3, -0.25) is 4.79 Å². The molecule has 2 aromatic carbocycles. The minimum atomic E-state index is -1.18. The second-order valence-electron chi connectivity index (χ2n) is 4.15. The Morgan fingerprint density at radius 3 is 2.52 bits per heavy atom. The van der Waals surface area contributed by atoms with Gasteiger partial charge in [0.15, 0.2) is 11.6 Å². The fourth-order valence-corrected chi connectivity index (χ4v) is 1.68. The van der Waals surface area contributed by atoms with Gasteiger partial charge >= 0.3 is 0 Å². The average Bonchev–Trinajstić information content (AvgIpc) is 2.49. The maximum Gasteiger partial charge on any atom is 0.258 e. The number of benzene rings is 2. The van der Waals surface area contributed by atoms with Crippen LogP contribution >= 0.6 is 0 Å². The van der Waals surface area contributed by atoms with Crippen LogP contribution in [0.1, 0.15) is 10.4 Å². The first-order chi connectivity index (χ1) is 10.1. The van der Waals surface area contributed by atoms with Gasteiger partial charge < -0.3 is 15.2 Å². The van der Waals surface area contributed by atoms with Crippen LogP contribution in [0.5, 0.6) is 5.75 Å². The number of hydrogen-bond acceptors (Lipinski definition) is 3. The van der Waals surface area contributed by atoms with Crippen LogP contribution < -0.4 is 10.1 Å². The smallest absolute Gasteiger partial charge is 0.258 e. The summed E-state index contributed by atoms with van der Waals surface area (Å²) in [4.78, 5) is 11.9. The zero-order valence-electron chi connectivity index (χ0n) is 11.0. The Bertz CT molecular complexity index is 629. The summed E-state index contributed by atoms with van der Waals surface area (Å²) in [6, 6.07) is 9.70. The zero-order valence-corrected chi connectivity index (χ0v) is 11.0. The lowest BCUT2D eigenvalue weighted by Crippen LogP contribution is -2.14. The molecule has 0 heterocycles. The van der Waals surface area contributed by atoms with Crippen molar-refractivity contribution in [1.82, 2.24) is 0 Å². The Kier molecular flexibility index (Phi) is 4.84. The highest BCUT2D eigenvalue weighted by Gasteiger charge is 2.15. The SMILES string of the molecule is O=C(Nc1ccc(OCCO)cc1)c1cccc(F)c1F. The number of carbonyl (C=O) groups excluding carboxylic acids is 1. The summed E-state index contributed by atoms with van der Waals surface area (Å²) >= 11 is 0. The van der Waals surface area contributed by atoms with Crippen LogP contribution in [0.2, 0.25) is 0 Å². The molecule has 1 amide bonds. The molecular weight excluding hydrogens is 280 g/mol. The van der Waals surface area contributed by atoms with Crippen molar-refractivity contribution in [3.63, 3.8) is 0 Å². The number of aliphatic hydroxyl groups excluding tert-OH is 1. The van der Waals surface area contributed by atoms with Crippen molar-refractivity contribution in [3.05, 3.63) is 59.7 Å². The summed E-state index contributed by atoms with van der Waals surface area (Å²) in [7, 11) is 0. The molecule has 0 atom stereocenters. The van der Waals surface area contributed by atoms with E-state index < -0.39 is 17.5 Å². The normalized spacial score (nSPS) is 10.2. The Morgan fingerprint density at radius 2 is 1.86 bits per heavy atom. The van der Waals surface area contributed by atoms with E-state index in [1.54, 1.807) is 24.3 Å². The van der Waals surface area contributed by atoms with Gasteiger partial charge in [0.1, 0.15) is 12.4 Å². The highest BCUT2D eigenvalue weighted by atomic mass is 19.2. The number of rotatable bonds is 5. The van der Waals surface area contributed by atoms with Crippen LogP contribution in [0.3, 0.4) is 0 Å². The quantitative estimate of drug-likeness (QED) is 0.891. The van der Waals surface area contributed by atoms with Crippen LogP contribution in [0.4, 0.5) is 14.5 Å². The number of anilines is 1. The fourth-order valence-electron chi connectivity index (χ4n) is 1.68. The van der Waals surface area contributed by atoms with Crippen LogP contribution in [0, 0.1) is 11.6 Å². The number of halogens is 2. The van der Waals surface area contributed by atoms with Crippen molar-refractivity contribution in [2.24, 2.45) is 0 Å². The van der Waals surface area contributed by atoms with Crippen molar-refractivity contribution < 1.29 is 23.4 Å². The van der Waals surface area contributed by atoms with E-state index in [1.807, 2.05) is 0 Å². The minimum Gasteiger partial charge on any atom is -0.491 e. The molecule has 4 nitrogen and oxygen atoms in total. The molecule has 0 radical (unpaired) electrons. The molecule has 21 heavy (non-hydrogen) atoms. The molecule has 0 aromatic heterocycles. The molecule has 0 spiro atoms. The number of carbonyl (C=O) groups is 1. The highest BCUT2D eigenvalue weighted by Crippen LogP contribution is 2.18. The molecule has 0 aliphatic carbocycles. The molecule has 0 bridgehead atoms. The van der Waals surface area contributed by atoms with Gasteiger partial charge in [-0.15, -0.1) is 0 Å². The Balaban J connectivity index is 2.07. The van der Waals surface area contributed by atoms with E-state index in [0.717, 1.165) is 6.07 Å². The maximum absolute atomic E-state index is 13.5. The first-order valence-corrected chi connectivity index (χ1v) is 6.21. The standard InChI is InChI=1S/C15H13F2NO3/c16-13-3-1-2-12(14(13)17)15(20)18-10-4-6-11(7-5-10)21-9-8-19/h1-7,19H,8-9H2,(H,18,20). The lowest BCUT2D eigenvalue weighted by atomic mass is 10.2. The van der Waals surface area contributed by atoms with Gasteiger partial charge in [0.05, 0.1) is 12.2 Å². The van der Waals surface area contributed by atoms with Gasteiger partial charge in [0.25, 0.3) is 5.91 Å². The number of nitrogens with one attached hydrogen (secondary N) is 1. The van der Waals surface area contributed by atoms with Gasteiger partial charge in [0.2, 0.25) is 0 Å². The molecule has 0 saturated carbocycles. The first kappa shape index (κ1) is 14.9. The van der Waals surface area contributed by atoms with Gasteiger partial charge in [0, 0.05) is 5.69 Å². The molecule has 0 unspecified atom stereocenters. The molecule has 0 aliphatic heterocycles. The van der Waals surface area contributed by atoms with E-state index in [0.29, 0.717) is 11.4 Å². The first-order valence-electron chi connectivity index (χ1n) is 6.21. The zero-order chi connectivity index (χ0) is 15.2. The third kappa shape index (κ3) is 3.76. The summed E-state index contributed by atoms with van der Waals surface area (Å²) in [6.07, 6.45) is 0. The topological polar surface area (TPSA) is 58.6 Å². The predicted molar refractivity (Wildman–Crippen MR) is 73.3 cm³/mol. The van der Waals surface area contributed by atoms with Crippen molar-refractivity contribution in [3.8, 4) is 5.75 Å². The molecule has 2 rings (SSSR count). The molecule has 110 valence electrons. The lowest BCUT2D eigenvalue weighted by Gasteiger charge is -2.08. The van der Waals surface area contributed by atoms with Crippen LogP contribution in [-0.4, -0.2) is 24.2 Å². The third-order valence-corrected chi connectivity index (χ3v) is 2.67.